The minimum absolute atomic E-state index is 0.00269. The molecule has 0 saturated carbocycles. The standard InChI is InChI=1S/C19H13N3O/c20-11-16-18(12-5-7-22-8-6-12)15-9-13-3-1-2-4-14(13)10-17(15)23-19(16)21/h1-10,16,18,21H. The van der Waals surface area contributed by atoms with E-state index in [1.807, 2.05) is 42.5 Å². The van der Waals surface area contributed by atoms with Crippen LogP contribution in [0, 0.1) is 22.7 Å². The Morgan fingerprint density at radius 3 is 2.43 bits per heavy atom. The molecule has 2 heterocycles. The van der Waals surface area contributed by atoms with E-state index >= 15 is 0 Å². The number of aromatic nitrogens is 1. The summed E-state index contributed by atoms with van der Waals surface area (Å²) in [6.45, 7) is 0. The Morgan fingerprint density at radius 1 is 1.04 bits per heavy atom. The third kappa shape index (κ3) is 2.14. The van der Waals surface area contributed by atoms with Crippen molar-refractivity contribution >= 4 is 16.7 Å². The lowest BCUT2D eigenvalue weighted by atomic mass is 9.79. The van der Waals surface area contributed by atoms with Crippen LogP contribution >= 0.6 is 0 Å². The van der Waals surface area contributed by atoms with Gasteiger partial charge in [0.2, 0.25) is 5.90 Å². The number of pyridine rings is 1. The molecular weight excluding hydrogens is 286 g/mol. The van der Waals surface area contributed by atoms with Crippen molar-refractivity contribution in [1.29, 1.82) is 10.7 Å². The van der Waals surface area contributed by atoms with Crippen molar-refractivity contribution in [3.63, 3.8) is 0 Å². The second-order valence-corrected chi connectivity index (χ2v) is 5.57. The Bertz CT molecular complexity index is 944. The number of hydrogen-bond donors (Lipinski definition) is 1. The van der Waals surface area contributed by atoms with Gasteiger partial charge in [0.15, 0.2) is 0 Å². The molecule has 2 unspecified atom stereocenters. The first-order chi connectivity index (χ1) is 11.3. The summed E-state index contributed by atoms with van der Waals surface area (Å²) >= 11 is 0. The summed E-state index contributed by atoms with van der Waals surface area (Å²) in [6, 6.07) is 18.0. The van der Waals surface area contributed by atoms with Crippen LogP contribution in [-0.2, 0) is 0 Å². The van der Waals surface area contributed by atoms with Crippen molar-refractivity contribution in [1.82, 2.24) is 4.98 Å². The first-order valence-corrected chi connectivity index (χ1v) is 7.36. The third-order valence-electron chi connectivity index (χ3n) is 4.25. The van der Waals surface area contributed by atoms with Crippen molar-refractivity contribution in [2.45, 2.75) is 5.92 Å². The Balaban J connectivity index is 1.98. The number of nitrogens with one attached hydrogen (secondary N) is 1. The second-order valence-electron chi connectivity index (χ2n) is 5.57. The fraction of sp³-hybridized carbons (Fsp3) is 0.105. The van der Waals surface area contributed by atoms with E-state index in [9.17, 15) is 5.26 Å². The van der Waals surface area contributed by atoms with Crippen LogP contribution in [0.1, 0.15) is 17.0 Å². The molecule has 0 amide bonds. The highest BCUT2D eigenvalue weighted by Gasteiger charge is 2.36. The number of fused-ring (bicyclic) bond motifs is 2. The Kier molecular flexibility index (Phi) is 3.06. The number of rotatable bonds is 1. The molecule has 23 heavy (non-hydrogen) atoms. The smallest absolute Gasteiger partial charge is 0.205 e. The maximum Gasteiger partial charge on any atom is 0.205 e. The van der Waals surface area contributed by atoms with Crippen molar-refractivity contribution in [3.05, 3.63) is 72.1 Å². The van der Waals surface area contributed by atoms with Gasteiger partial charge < -0.3 is 4.74 Å². The molecule has 1 aliphatic heterocycles. The fourth-order valence-corrected chi connectivity index (χ4v) is 3.16. The molecular formula is C19H13N3O. The number of ether oxygens (including phenoxy) is 1. The molecule has 2 atom stereocenters. The average molecular weight is 299 g/mol. The number of nitriles is 1. The van der Waals surface area contributed by atoms with E-state index in [4.69, 9.17) is 10.1 Å². The van der Waals surface area contributed by atoms with Crippen molar-refractivity contribution in [2.24, 2.45) is 5.92 Å². The van der Waals surface area contributed by atoms with Gasteiger partial charge in [0.05, 0.1) is 6.07 Å². The zero-order chi connectivity index (χ0) is 15.8. The molecule has 4 rings (SSSR count). The predicted molar refractivity (Wildman–Crippen MR) is 87.5 cm³/mol. The van der Waals surface area contributed by atoms with Crippen LogP contribution in [0.25, 0.3) is 10.8 Å². The van der Waals surface area contributed by atoms with Crippen LogP contribution in [0.4, 0.5) is 0 Å². The molecule has 0 bridgehead atoms. The van der Waals surface area contributed by atoms with Gasteiger partial charge in [0, 0.05) is 23.9 Å². The van der Waals surface area contributed by atoms with Gasteiger partial charge in [-0.3, -0.25) is 10.4 Å². The monoisotopic (exact) mass is 299 g/mol. The molecule has 1 aromatic heterocycles. The Hall–Kier alpha value is -3.19. The van der Waals surface area contributed by atoms with E-state index in [0.29, 0.717) is 5.75 Å². The fourth-order valence-electron chi connectivity index (χ4n) is 3.16. The molecule has 4 nitrogen and oxygen atoms in total. The summed E-state index contributed by atoms with van der Waals surface area (Å²) in [4.78, 5) is 4.05. The molecule has 2 aromatic carbocycles. The lowest BCUT2D eigenvalue weighted by molar-refractivity contribution is 0.451. The molecule has 0 radical (unpaired) electrons. The predicted octanol–water partition coefficient (Wildman–Crippen LogP) is 3.88. The number of nitrogens with zero attached hydrogens (tertiary/aromatic N) is 2. The van der Waals surface area contributed by atoms with E-state index in [2.05, 4.69) is 17.1 Å². The summed E-state index contributed by atoms with van der Waals surface area (Å²) in [5.74, 6) is -0.200. The van der Waals surface area contributed by atoms with Crippen LogP contribution < -0.4 is 4.74 Å². The summed E-state index contributed by atoms with van der Waals surface area (Å²) in [5.41, 5.74) is 1.91. The topological polar surface area (TPSA) is 69.8 Å². The first kappa shape index (κ1) is 13.5. The Morgan fingerprint density at radius 2 is 1.74 bits per heavy atom. The summed E-state index contributed by atoms with van der Waals surface area (Å²) in [7, 11) is 0. The van der Waals surface area contributed by atoms with Gasteiger partial charge in [-0.25, -0.2) is 0 Å². The zero-order valence-corrected chi connectivity index (χ0v) is 12.2. The van der Waals surface area contributed by atoms with Crippen molar-refractivity contribution in [3.8, 4) is 11.8 Å². The SMILES string of the molecule is N#CC1C(=N)Oc2cc3ccccc3cc2C1c1ccncc1. The minimum atomic E-state index is -0.633. The van der Waals surface area contributed by atoms with Crippen LogP contribution in [0.15, 0.2) is 60.9 Å². The van der Waals surface area contributed by atoms with E-state index in [1.54, 1.807) is 12.4 Å². The second kappa shape index (κ2) is 5.22. The van der Waals surface area contributed by atoms with Crippen LogP contribution in [0.2, 0.25) is 0 Å². The molecule has 0 saturated heterocycles. The normalized spacial score (nSPS) is 19.7. The van der Waals surface area contributed by atoms with E-state index in [-0.39, 0.29) is 11.8 Å². The number of benzene rings is 2. The van der Waals surface area contributed by atoms with Crippen molar-refractivity contribution < 1.29 is 4.74 Å². The Labute approximate surface area is 133 Å². The van der Waals surface area contributed by atoms with Crippen LogP contribution in [0.5, 0.6) is 5.75 Å². The van der Waals surface area contributed by atoms with Gasteiger partial charge in [0.1, 0.15) is 11.7 Å². The highest BCUT2D eigenvalue weighted by Crippen LogP contribution is 2.43. The maximum absolute atomic E-state index is 9.55. The van der Waals surface area contributed by atoms with E-state index in [1.165, 1.54) is 0 Å². The van der Waals surface area contributed by atoms with Crippen LogP contribution in [0.3, 0.4) is 0 Å². The molecule has 110 valence electrons. The van der Waals surface area contributed by atoms with Crippen LogP contribution in [-0.4, -0.2) is 10.9 Å². The van der Waals surface area contributed by atoms with Gasteiger partial charge in [0.25, 0.3) is 0 Å². The largest absolute Gasteiger partial charge is 0.442 e. The van der Waals surface area contributed by atoms with Gasteiger partial charge in [-0.2, -0.15) is 5.26 Å². The third-order valence-corrected chi connectivity index (χ3v) is 4.25. The summed E-state index contributed by atoms with van der Waals surface area (Å²) < 4.78 is 5.64. The maximum atomic E-state index is 9.55. The zero-order valence-electron chi connectivity index (χ0n) is 12.2. The first-order valence-electron chi connectivity index (χ1n) is 7.36. The lowest BCUT2D eigenvalue weighted by Crippen LogP contribution is -2.30. The lowest BCUT2D eigenvalue weighted by Gasteiger charge is -2.30. The van der Waals surface area contributed by atoms with E-state index < -0.39 is 5.92 Å². The minimum Gasteiger partial charge on any atom is -0.442 e. The summed E-state index contributed by atoms with van der Waals surface area (Å²) in [5, 5.41) is 19.8. The summed E-state index contributed by atoms with van der Waals surface area (Å²) in [6.07, 6.45) is 3.42. The molecule has 3 aromatic rings. The average Bonchev–Trinajstić information content (AvgIpc) is 2.59. The highest BCUT2D eigenvalue weighted by molar-refractivity contribution is 5.90. The van der Waals surface area contributed by atoms with Gasteiger partial charge in [-0.15, -0.1) is 0 Å². The molecule has 1 aliphatic rings. The van der Waals surface area contributed by atoms with Crippen molar-refractivity contribution in [2.75, 3.05) is 0 Å². The molecule has 0 spiro atoms. The number of hydrogen-bond acceptors (Lipinski definition) is 4. The van der Waals surface area contributed by atoms with Gasteiger partial charge in [-0.1, -0.05) is 24.3 Å². The molecule has 1 N–H and O–H groups in total. The van der Waals surface area contributed by atoms with E-state index in [0.717, 1.165) is 21.9 Å². The highest BCUT2D eigenvalue weighted by atomic mass is 16.5. The van der Waals surface area contributed by atoms with Gasteiger partial charge >= 0.3 is 0 Å². The molecule has 0 fully saturated rings. The molecule has 4 heteroatoms. The van der Waals surface area contributed by atoms with Gasteiger partial charge in [-0.05, 0) is 40.6 Å². The quantitative estimate of drug-likeness (QED) is 0.741. The molecule has 0 aliphatic carbocycles.